The molecule has 3 heterocycles. The molecule has 2 aromatic rings. The Balaban J connectivity index is 1.71. The highest BCUT2D eigenvalue weighted by molar-refractivity contribution is 5.61. The summed E-state index contributed by atoms with van der Waals surface area (Å²) in [6.07, 6.45) is 0. The molecule has 1 aliphatic heterocycles. The number of nitrogens with zero attached hydrogens (tertiary/aromatic N) is 6. The van der Waals surface area contributed by atoms with Gasteiger partial charge in [-0.2, -0.15) is 5.10 Å². The second-order valence-corrected chi connectivity index (χ2v) is 6.20. The van der Waals surface area contributed by atoms with Crippen LogP contribution in [0.15, 0.2) is 4.52 Å². The first-order valence-electron chi connectivity index (χ1n) is 7.95. The average Bonchev–Trinajstić information content (AvgIpc) is 3.01. The van der Waals surface area contributed by atoms with E-state index in [9.17, 15) is 10.1 Å². The van der Waals surface area contributed by atoms with E-state index in [4.69, 9.17) is 4.52 Å². The predicted octanol–water partition coefficient (Wildman–Crippen LogP) is 1.56. The quantitative estimate of drug-likeness (QED) is 0.618. The number of rotatable bonds is 4. The highest BCUT2D eigenvalue weighted by Gasteiger charge is 2.30. The number of hydrogen-bond acceptors (Lipinski definition) is 7. The van der Waals surface area contributed by atoms with Crippen molar-refractivity contribution in [1.82, 2.24) is 19.8 Å². The number of nitro groups is 1. The molecule has 0 aromatic carbocycles. The van der Waals surface area contributed by atoms with Crippen molar-refractivity contribution in [3.8, 4) is 0 Å². The van der Waals surface area contributed by atoms with Gasteiger partial charge in [0.2, 0.25) is 5.82 Å². The van der Waals surface area contributed by atoms with Crippen LogP contribution < -0.4 is 4.90 Å². The summed E-state index contributed by atoms with van der Waals surface area (Å²) < 4.78 is 6.82. The summed E-state index contributed by atoms with van der Waals surface area (Å²) in [4.78, 5) is 15.4. The van der Waals surface area contributed by atoms with Gasteiger partial charge in [-0.25, -0.2) is 4.68 Å². The van der Waals surface area contributed by atoms with Crippen LogP contribution in [-0.2, 0) is 13.6 Å². The Morgan fingerprint density at radius 2 is 1.83 bits per heavy atom. The SMILES string of the molecule is Cc1noc(C)c1CN1CCN(c2c([N+](=O)[O-])c(C)nn2C)CC1. The van der Waals surface area contributed by atoms with Gasteiger partial charge in [0.05, 0.1) is 10.6 Å². The van der Waals surface area contributed by atoms with E-state index >= 15 is 0 Å². The molecule has 0 saturated carbocycles. The van der Waals surface area contributed by atoms with E-state index in [1.165, 1.54) is 0 Å². The first-order valence-corrected chi connectivity index (χ1v) is 7.95. The van der Waals surface area contributed by atoms with Gasteiger partial charge >= 0.3 is 5.69 Å². The lowest BCUT2D eigenvalue weighted by Gasteiger charge is -2.35. The molecule has 130 valence electrons. The van der Waals surface area contributed by atoms with Gasteiger partial charge in [-0.3, -0.25) is 15.0 Å². The summed E-state index contributed by atoms with van der Waals surface area (Å²) in [6, 6.07) is 0. The molecule has 0 unspecified atom stereocenters. The summed E-state index contributed by atoms with van der Waals surface area (Å²) in [5.74, 6) is 1.45. The third-order valence-electron chi connectivity index (χ3n) is 4.58. The second-order valence-electron chi connectivity index (χ2n) is 6.20. The van der Waals surface area contributed by atoms with Crippen molar-refractivity contribution in [3.05, 3.63) is 32.8 Å². The summed E-state index contributed by atoms with van der Waals surface area (Å²) in [7, 11) is 1.76. The lowest BCUT2D eigenvalue weighted by molar-refractivity contribution is -0.384. The van der Waals surface area contributed by atoms with Crippen LogP contribution in [0.2, 0.25) is 0 Å². The lowest BCUT2D eigenvalue weighted by Crippen LogP contribution is -2.46. The Bertz CT molecular complexity index is 738. The van der Waals surface area contributed by atoms with Crippen molar-refractivity contribution in [3.63, 3.8) is 0 Å². The van der Waals surface area contributed by atoms with Crippen LogP contribution in [0.1, 0.15) is 22.7 Å². The van der Waals surface area contributed by atoms with E-state index in [0.717, 1.165) is 49.7 Å². The van der Waals surface area contributed by atoms with Gasteiger partial charge < -0.3 is 9.42 Å². The topological polar surface area (TPSA) is 93.5 Å². The minimum Gasteiger partial charge on any atom is -0.361 e. The lowest BCUT2D eigenvalue weighted by atomic mass is 10.1. The van der Waals surface area contributed by atoms with Crippen molar-refractivity contribution in [2.45, 2.75) is 27.3 Å². The highest BCUT2D eigenvalue weighted by atomic mass is 16.6. The molecule has 0 radical (unpaired) electrons. The maximum absolute atomic E-state index is 11.3. The van der Waals surface area contributed by atoms with Crippen LogP contribution in [0, 0.1) is 30.9 Å². The van der Waals surface area contributed by atoms with Gasteiger partial charge in [0.1, 0.15) is 11.5 Å². The summed E-state index contributed by atoms with van der Waals surface area (Å²) in [6.45, 7) is 9.44. The Hall–Kier alpha value is -2.42. The molecule has 3 rings (SSSR count). The molecule has 1 fully saturated rings. The van der Waals surface area contributed by atoms with Crippen molar-refractivity contribution in [2.24, 2.45) is 7.05 Å². The smallest absolute Gasteiger partial charge is 0.333 e. The van der Waals surface area contributed by atoms with E-state index in [0.29, 0.717) is 11.5 Å². The molecule has 9 nitrogen and oxygen atoms in total. The van der Waals surface area contributed by atoms with Gasteiger partial charge in [-0.1, -0.05) is 5.16 Å². The van der Waals surface area contributed by atoms with Crippen LogP contribution in [0.5, 0.6) is 0 Å². The summed E-state index contributed by atoms with van der Waals surface area (Å²) >= 11 is 0. The van der Waals surface area contributed by atoms with E-state index in [-0.39, 0.29) is 10.6 Å². The van der Waals surface area contributed by atoms with Gasteiger partial charge in [-0.15, -0.1) is 0 Å². The minimum absolute atomic E-state index is 0.108. The average molecular weight is 334 g/mol. The van der Waals surface area contributed by atoms with Crippen LogP contribution in [0.25, 0.3) is 0 Å². The first kappa shape index (κ1) is 16.4. The zero-order chi connectivity index (χ0) is 17.4. The van der Waals surface area contributed by atoms with E-state index < -0.39 is 0 Å². The molecule has 0 spiro atoms. The Kier molecular flexibility index (Phi) is 4.27. The highest BCUT2D eigenvalue weighted by Crippen LogP contribution is 2.31. The fraction of sp³-hybridized carbons (Fsp3) is 0.600. The normalized spacial score (nSPS) is 15.9. The largest absolute Gasteiger partial charge is 0.361 e. The Labute approximate surface area is 140 Å². The van der Waals surface area contributed by atoms with Crippen LogP contribution in [0.4, 0.5) is 11.5 Å². The number of hydrogen-bond donors (Lipinski definition) is 0. The molecule has 0 amide bonds. The standard InChI is InChI=1S/C15H22N6O3/c1-10-13(12(3)24-17-10)9-19-5-7-20(8-6-19)15-14(21(22)23)11(2)16-18(15)4/h5-9H2,1-4H3. The summed E-state index contributed by atoms with van der Waals surface area (Å²) in [5, 5.41) is 19.5. The van der Waals surface area contributed by atoms with Crippen molar-refractivity contribution in [2.75, 3.05) is 31.1 Å². The number of anilines is 1. The molecule has 0 aliphatic carbocycles. The second kappa shape index (κ2) is 6.23. The molecule has 24 heavy (non-hydrogen) atoms. The zero-order valence-electron chi connectivity index (χ0n) is 14.4. The monoisotopic (exact) mass is 334 g/mol. The Morgan fingerprint density at radius 1 is 1.17 bits per heavy atom. The molecule has 0 N–H and O–H groups in total. The fourth-order valence-electron chi connectivity index (χ4n) is 3.27. The zero-order valence-corrected chi connectivity index (χ0v) is 14.4. The summed E-state index contributed by atoms with van der Waals surface area (Å²) in [5.41, 5.74) is 2.62. The van der Waals surface area contributed by atoms with Crippen LogP contribution in [0.3, 0.4) is 0 Å². The molecular weight excluding hydrogens is 312 g/mol. The molecule has 1 aliphatic rings. The fourth-order valence-corrected chi connectivity index (χ4v) is 3.27. The van der Waals surface area contributed by atoms with Crippen molar-refractivity contribution < 1.29 is 9.45 Å². The molecule has 9 heteroatoms. The van der Waals surface area contributed by atoms with Crippen molar-refractivity contribution in [1.29, 1.82) is 0 Å². The van der Waals surface area contributed by atoms with Gasteiger partial charge in [0.15, 0.2) is 0 Å². The van der Waals surface area contributed by atoms with Gasteiger partial charge in [0, 0.05) is 45.3 Å². The van der Waals surface area contributed by atoms with Gasteiger partial charge in [-0.05, 0) is 20.8 Å². The minimum atomic E-state index is -0.339. The van der Waals surface area contributed by atoms with E-state index in [1.807, 2.05) is 18.7 Å². The maximum Gasteiger partial charge on any atom is 0.333 e. The predicted molar refractivity (Wildman–Crippen MR) is 88.1 cm³/mol. The molecule has 1 saturated heterocycles. The third-order valence-corrected chi connectivity index (χ3v) is 4.58. The third kappa shape index (κ3) is 2.86. The van der Waals surface area contributed by atoms with Crippen LogP contribution >= 0.6 is 0 Å². The van der Waals surface area contributed by atoms with Gasteiger partial charge in [0.25, 0.3) is 0 Å². The number of aromatic nitrogens is 3. The first-order chi connectivity index (χ1) is 11.4. The molecule has 0 atom stereocenters. The van der Waals surface area contributed by atoms with Crippen LogP contribution in [-0.4, -0.2) is 50.9 Å². The number of piperazine rings is 1. The molecule has 0 bridgehead atoms. The van der Waals surface area contributed by atoms with E-state index in [2.05, 4.69) is 15.2 Å². The molecular formula is C15H22N6O3. The Morgan fingerprint density at radius 3 is 2.38 bits per heavy atom. The molecule has 2 aromatic heterocycles. The van der Waals surface area contributed by atoms with E-state index in [1.54, 1.807) is 18.7 Å². The number of aryl methyl sites for hydroxylation is 4. The van der Waals surface area contributed by atoms with Crippen molar-refractivity contribution >= 4 is 11.5 Å². The maximum atomic E-state index is 11.3.